The van der Waals surface area contributed by atoms with Crippen molar-refractivity contribution >= 4 is 29.3 Å². The molecular formula is C31H42ClN3O5S. The Balaban J connectivity index is 1.32. The number of halogens is 1. The summed E-state index contributed by atoms with van der Waals surface area (Å²) in [5.41, 5.74) is 2.26. The van der Waals surface area contributed by atoms with Gasteiger partial charge in [0, 0.05) is 60.1 Å². The first-order valence-corrected chi connectivity index (χ1v) is 16.3. The molecule has 0 unspecified atom stereocenters. The van der Waals surface area contributed by atoms with Crippen molar-refractivity contribution in [2.45, 2.75) is 88.5 Å². The van der Waals surface area contributed by atoms with Gasteiger partial charge in [-0.25, -0.2) is 0 Å². The lowest BCUT2D eigenvalue weighted by atomic mass is 9.80. The molecule has 1 saturated carbocycles. The Labute approximate surface area is 251 Å². The predicted molar refractivity (Wildman–Crippen MR) is 163 cm³/mol. The van der Waals surface area contributed by atoms with E-state index in [2.05, 4.69) is 15.2 Å². The van der Waals surface area contributed by atoms with E-state index in [1.54, 1.807) is 13.2 Å². The second kappa shape index (κ2) is 13.4. The SMILES string of the molecule is COC1CN(C2CCC([C@H]3CCCCOc4c(Cl)cc(C(=O)NCc5c(SC)cc(C)[nH]c5=O)c(C)c4O3)CC2)C1. The number of aromatic nitrogens is 1. The van der Waals surface area contributed by atoms with Gasteiger partial charge in [0.1, 0.15) is 6.10 Å². The van der Waals surface area contributed by atoms with Crippen LogP contribution in [0.15, 0.2) is 21.8 Å². The number of nitrogens with zero attached hydrogens (tertiary/aromatic N) is 1. The van der Waals surface area contributed by atoms with Crippen LogP contribution in [0, 0.1) is 19.8 Å². The van der Waals surface area contributed by atoms with Crippen LogP contribution in [-0.2, 0) is 11.3 Å². The Morgan fingerprint density at radius 2 is 1.90 bits per heavy atom. The number of H-pyrrole nitrogens is 1. The summed E-state index contributed by atoms with van der Waals surface area (Å²) in [5, 5.41) is 3.30. The molecule has 2 aliphatic heterocycles. The van der Waals surface area contributed by atoms with Crippen molar-refractivity contribution in [1.82, 2.24) is 15.2 Å². The average Bonchev–Trinajstić information content (AvgIpc) is 3.05. The van der Waals surface area contributed by atoms with Crippen molar-refractivity contribution in [2.24, 2.45) is 5.92 Å². The van der Waals surface area contributed by atoms with E-state index in [4.69, 9.17) is 25.8 Å². The van der Waals surface area contributed by atoms with Gasteiger partial charge in [-0.2, -0.15) is 0 Å². The number of benzene rings is 1. The Bertz CT molecular complexity index is 1300. The zero-order chi connectivity index (χ0) is 29.1. The number of carbonyl (C=O) groups is 1. The third-order valence-corrected chi connectivity index (χ3v) is 10.0. The Kier molecular flexibility index (Phi) is 9.89. The number of likely N-dealkylation sites (tertiary alicyclic amines) is 1. The van der Waals surface area contributed by atoms with E-state index in [-0.39, 0.29) is 24.1 Å². The van der Waals surface area contributed by atoms with Gasteiger partial charge in [0.15, 0.2) is 11.5 Å². The van der Waals surface area contributed by atoms with Gasteiger partial charge < -0.3 is 24.5 Å². The fraction of sp³-hybridized carbons (Fsp3) is 0.613. The molecule has 1 amide bonds. The number of hydrogen-bond donors (Lipinski definition) is 2. The van der Waals surface area contributed by atoms with E-state index in [1.165, 1.54) is 24.6 Å². The van der Waals surface area contributed by atoms with Crippen LogP contribution in [0.1, 0.15) is 72.1 Å². The zero-order valence-corrected chi connectivity index (χ0v) is 26.1. The highest BCUT2D eigenvalue weighted by Crippen LogP contribution is 2.44. The Morgan fingerprint density at radius 3 is 2.61 bits per heavy atom. The van der Waals surface area contributed by atoms with Crippen LogP contribution in [0.3, 0.4) is 0 Å². The molecule has 1 atom stereocenters. The number of methoxy groups -OCH3 is 1. The second-order valence-electron chi connectivity index (χ2n) is 11.6. The van der Waals surface area contributed by atoms with Crippen molar-refractivity contribution < 1.29 is 19.0 Å². The molecule has 3 aliphatic rings. The summed E-state index contributed by atoms with van der Waals surface area (Å²) in [4.78, 5) is 32.3. The van der Waals surface area contributed by atoms with Gasteiger partial charge in [0.05, 0.1) is 17.7 Å². The molecule has 1 saturated heterocycles. The van der Waals surface area contributed by atoms with E-state index in [0.717, 1.165) is 55.8 Å². The number of nitrogens with one attached hydrogen (secondary N) is 2. The third kappa shape index (κ3) is 6.74. The van der Waals surface area contributed by atoms with E-state index in [9.17, 15) is 9.59 Å². The molecule has 1 aromatic carbocycles. The third-order valence-electron chi connectivity index (χ3n) is 8.95. The molecule has 41 heavy (non-hydrogen) atoms. The summed E-state index contributed by atoms with van der Waals surface area (Å²) in [6.45, 7) is 6.49. The van der Waals surface area contributed by atoms with Crippen LogP contribution in [0.5, 0.6) is 11.5 Å². The summed E-state index contributed by atoms with van der Waals surface area (Å²) in [7, 11) is 1.80. The fourth-order valence-corrected chi connectivity index (χ4v) is 7.39. The quantitative estimate of drug-likeness (QED) is 0.404. The number of ether oxygens (including phenoxy) is 3. The first-order chi connectivity index (χ1) is 19.8. The van der Waals surface area contributed by atoms with Crippen LogP contribution in [0.25, 0.3) is 0 Å². The van der Waals surface area contributed by atoms with Gasteiger partial charge in [-0.3, -0.25) is 14.5 Å². The largest absolute Gasteiger partial charge is 0.488 e. The van der Waals surface area contributed by atoms with Gasteiger partial charge in [-0.05, 0) is 83.1 Å². The van der Waals surface area contributed by atoms with Gasteiger partial charge >= 0.3 is 0 Å². The van der Waals surface area contributed by atoms with Crippen molar-refractivity contribution in [1.29, 1.82) is 0 Å². The number of hydrogen-bond acceptors (Lipinski definition) is 7. The Morgan fingerprint density at radius 1 is 1.15 bits per heavy atom. The van der Waals surface area contributed by atoms with Crippen molar-refractivity contribution in [3.8, 4) is 11.5 Å². The minimum atomic E-state index is -0.302. The van der Waals surface area contributed by atoms with Crippen LogP contribution in [-0.4, -0.2) is 67.1 Å². The summed E-state index contributed by atoms with van der Waals surface area (Å²) >= 11 is 8.21. The molecule has 2 fully saturated rings. The molecule has 0 radical (unpaired) electrons. The van der Waals surface area contributed by atoms with Crippen molar-refractivity contribution in [3.63, 3.8) is 0 Å². The number of pyridine rings is 1. The summed E-state index contributed by atoms with van der Waals surface area (Å²) in [6, 6.07) is 4.20. The predicted octanol–water partition coefficient (Wildman–Crippen LogP) is 5.50. The van der Waals surface area contributed by atoms with E-state index >= 15 is 0 Å². The molecule has 0 bridgehead atoms. The first-order valence-electron chi connectivity index (χ1n) is 14.7. The molecule has 2 aromatic rings. The van der Waals surface area contributed by atoms with E-state index in [0.29, 0.717) is 57.9 Å². The molecule has 3 heterocycles. The van der Waals surface area contributed by atoms with E-state index < -0.39 is 0 Å². The van der Waals surface area contributed by atoms with Gasteiger partial charge in [-0.15, -0.1) is 11.8 Å². The molecule has 8 nitrogen and oxygen atoms in total. The minimum absolute atomic E-state index is 0.0443. The fourth-order valence-electron chi connectivity index (χ4n) is 6.43. The number of fused-ring (bicyclic) bond motifs is 1. The lowest BCUT2D eigenvalue weighted by molar-refractivity contribution is -0.0629. The highest BCUT2D eigenvalue weighted by Gasteiger charge is 2.37. The molecular weight excluding hydrogens is 562 g/mol. The zero-order valence-electron chi connectivity index (χ0n) is 24.5. The van der Waals surface area contributed by atoms with Gasteiger partial charge in [0.25, 0.3) is 11.5 Å². The smallest absolute Gasteiger partial charge is 0.254 e. The molecule has 1 aliphatic carbocycles. The molecule has 5 rings (SSSR count). The normalized spacial score (nSPS) is 23.7. The van der Waals surface area contributed by atoms with Crippen LogP contribution < -0.4 is 20.3 Å². The first kappa shape index (κ1) is 30.3. The molecule has 10 heteroatoms. The van der Waals surface area contributed by atoms with Crippen LogP contribution >= 0.6 is 23.4 Å². The minimum Gasteiger partial charge on any atom is -0.488 e. The summed E-state index contributed by atoms with van der Waals surface area (Å²) in [6.07, 6.45) is 9.83. The van der Waals surface area contributed by atoms with Gasteiger partial charge in [0.2, 0.25) is 0 Å². The van der Waals surface area contributed by atoms with Crippen molar-refractivity contribution in [2.75, 3.05) is 33.1 Å². The molecule has 2 N–H and O–H groups in total. The van der Waals surface area contributed by atoms with Gasteiger partial charge in [-0.1, -0.05) is 11.6 Å². The maximum atomic E-state index is 13.4. The maximum Gasteiger partial charge on any atom is 0.254 e. The number of thioether (sulfide) groups is 1. The van der Waals surface area contributed by atoms with Crippen molar-refractivity contribution in [3.05, 3.63) is 49.9 Å². The highest BCUT2D eigenvalue weighted by molar-refractivity contribution is 7.98. The highest BCUT2D eigenvalue weighted by atomic mass is 35.5. The molecule has 0 spiro atoms. The lowest BCUT2D eigenvalue weighted by Crippen LogP contribution is -2.57. The standard InChI is InChI=1S/C31H42ClN3O5S/c1-18-13-27(41-4)24(31(37)34-18)15-33-30(36)23-14-25(32)29-28(19(23)2)40-26(7-5-6-12-39-29)20-8-10-21(11-9-20)35-16-22(17-35)38-3/h13-14,20-22,26H,5-12,15-17H2,1-4H3,(H,33,36)(H,34,37)/t20?,21?,26-/m1/s1. The molecule has 1 aromatic heterocycles. The topological polar surface area (TPSA) is 92.9 Å². The number of aryl methyl sites for hydroxylation is 1. The Hall–Kier alpha value is -2.20. The number of amides is 1. The van der Waals surface area contributed by atoms with E-state index in [1.807, 2.05) is 26.2 Å². The lowest BCUT2D eigenvalue weighted by Gasteiger charge is -2.46. The van der Waals surface area contributed by atoms with Crippen LogP contribution in [0.4, 0.5) is 0 Å². The number of rotatable bonds is 7. The number of aromatic amines is 1. The van der Waals surface area contributed by atoms with Crippen LogP contribution in [0.2, 0.25) is 5.02 Å². The number of carbonyl (C=O) groups excluding carboxylic acids is 1. The summed E-state index contributed by atoms with van der Waals surface area (Å²) < 4.78 is 18.4. The summed E-state index contributed by atoms with van der Waals surface area (Å²) in [5.74, 6) is 1.24. The maximum absolute atomic E-state index is 13.4. The second-order valence-corrected chi connectivity index (χ2v) is 12.8. The molecule has 224 valence electrons. The monoisotopic (exact) mass is 603 g/mol. The average molecular weight is 604 g/mol.